The summed E-state index contributed by atoms with van der Waals surface area (Å²) in [6.45, 7) is 0.446. The fraction of sp³-hybridized carbons (Fsp3) is 0.130. The van der Waals surface area contributed by atoms with Crippen molar-refractivity contribution in [2.75, 3.05) is 14.2 Å². The molecule has 0 saturated carbocycles. The van der Waals surface area contributed by atoms with Crippen LogP contribution in [0, 0.1) is 0 Å². The fourth-order valence-corrected chi connectivity index (χ4v) is 3.43. The third-order valence-electron chi connectivity index (χ3n) is 4.86. The van der Waals surface area contributed by atoms with E-state index in [1.807, 2.05) is 48.5 Å². The molecule has 1 N–H and O–H groups in total. The molecule has 1 heterocycles. The zero-order valence-electron chi connectivity index (χ0n) is 15.7. The second-order valence-electron chi connectivity index (χ2n) is 6.80. The Morgan fingerprint density at radius 2 is 1.75 bits per heavy atom. The molecule has 0 aliphatic heterocycles. The molecule has 0 bridgehead atoms. The Labute approximate surface area is 162 Å². The Hall–Kier alpha value is -3.60. The summed E-state index contributed by atoms with van der Waals surface area (Å²) >= 11 is 0. The molecule has 3 aromatic carbocycles. The van der Waals surface area contributed by atoms with Gasteiger partial charge in [0.25, 0.3) is 5.91 Å². The highest BCUT2D eigenvalue weighted by molar-refractivity contribution is 6.05. The number of nitrogens with zero attached hydrogens (tertiary/aromatic N) is 1. The molecule has 4 rings (SSSR count). The molecule has 0 atom stereocenters. The summed E-state index contributed by atoms with van der Waals surface area (Å²) in [5.41, 5.74) is 1.80. The van der Waals surface area contributed by atoms with Gasteiger partial charge in [-0.25, -0.2) is 0 Å². The molecular formula is C23H20N2O3. The molecule has 1 aromatic heterocycles. The number of fused-ring (bicyclic) bond motifs is 2. The minimum Gasteiger partial charge on any atom is -0.497 e. The van der Waals surface area contributed by atoms with Gasteiger partial charge >= 0.3 is 0 Å². The summed E-state index contributed by atoms with van der Waals surface area (Å²) in [6, 6.07) is 20.7. The number of aromatic nitrogens is 1. The van der Waals surface area contributed by atoms with Crippen molar-refractivity contribution in [3.05, 3.63) is 88.2 Å². The van der Waals surface area contributed by atoms with Gasteiger partial charge in [0.2, 0.25) is 5.56 Å². The van der Waals surface area contributed by atoms with Gasteiger partial charge in [-0.3, -0.25) is 9.59 Å². The lowest BCUT2D eigenvalue weighted by Gasteiger charge is -2.18. The van der Waals surface area contributed by atoms with Crippen LogP contribution in [0.1, 0.15) is 15.9 Å². The summed E-state index contributed by atoms with van der Waals surface area (Å²) in [5, 5.41) is 2.91. The van der Waals surface area contributed by atoms with Gasteiger partial charge in [-0.1, -0.05) is 36.4 Å². The van der Waals surface area contributed by atoms with E-state index in [0.717, 1.165) is 27.5 Å². The zero-order valence-corrected chi connectivity index (χ0v) is 15.7. The number of H-pyrrole nitrogens is 1. The van der Waals surface area contributed by atoms with Crippen molar-refractivity contribution >= 4 is 27.6 Å². The molecule has 0 aliphatic carbocycles. The second-order valence-corrected chi connectivity index (χ2v) is 6.80. The summed E-state index contributed by atoms with van der Waals surface area (Å²) in [6.07, 6.45) is 0. The number of amides is 1. The van der Waals surface area contributed by atoms with Crippen molar-refractivity contribution in [2.45, 2.75) is 6.54 Å². The van der Waals surface area contributed by atoms with Crippen LogP contribution in [-0.2, 0) is 6.54 Å². The number of carbonyl (C=O) groups excluding carboxylic acids is 1. The number of rotatable bonds is 4. The van der Waals surface area contributed by atoms with Crippen molar-refractivity contribution in [3.63, 3.8) is 0 Å². The topological polar surface area (TPSA) is 62.4 Å². The largest absolute Gasteiger partial charge is 0.497 e. The monoisotopic (exact) mass is 372 g/mol. The van der Waals surface area contributed by atoms with Crippen LogP contribution >= 0.6 is 0 Å². The lowest BCUT2D eigenvalue weighted by Crippen LogP contribution is -2.27. The van der Waals surface area contributed by atoms with Gasteiger partial charge < -0.3 is 14.6 Å². The van der Waals surface area contributed by atoms with Gasteiger partial charge in [0.1, 0.15) is 5.75 Å². The Bertz CT molecular complexity index is 1240. The van der Waals surface area contributed by atoms with Crippen LogP contribution in [0.4, 0.5) is 0 Å². The van der Waals surface area contributed by atoms with E-state index in [-0.39, 0.29) is 11.5 Å². The number of hydrogen-bond donors (Lipinski definition) is 1. The molecule has 1 amide bonds. The van der Waals surface area contributed by atoms with E-state index in [0.29, 0.717) is 17.6 Å². The molecule has 0 fully saturated rings. The zero-order chi connectivity index (χ0) is 19.7. The van der Waals surface area contributed by atoms with E-state index in [9.17, 15) is 9.59 Å². The van der Waals surface area contributed by atoms with Crippen LogP contribution < -0.4 is 10.3 Å². The minimum atomic E-state index is -0.282. The molecule has 0 radical (unpaired) electrons. The van der Waals surface area contributed by atoms with Gasteiger partial charge in [-0.05, 0) is 40.6 Å². The Morgan fingerprint density at radius 1 is 1.00 bits per heavy atom. The van der Waals surface area contributed by atoms with Crippen LogP contribution in [0.2, 0.25) is 0 Å². The highest BCUT2D eigenvalue weighted by Gasteiger charge is 2.16. The van der Waals surface area contributed by atoms with E-state index in [1.165, 1.54) is 6.07 Å². The second kappa shape index (κ2) is 7.19. The van der Waals surface area contributed by atoms with Gasteiger partial charge in [-0.15, -0.1) is 0 Å². The highest BCUT2D eigenvalue weighted by Crippen LogP contribution is 2.23. The smallest absolute Gasteiger partial charge is 0.254 e. The number of ether oxygens (including phenoxy) is 1. The standard InChI is InChI=1S/C23H20N2O3/c1-25(14-15-7-8-17-12-18(28-2)10-9-16(17)11-15)23(27)20-13-22(26)24-21-6-4-3-5-19(20)21/h3-13H,14H2,1-2H3,(H,24,26). The minimum absolute atomic E-state index is 0.183. The van der Waals surface area contributed by atoms with E-state index in [2.05, 4.69) is 11.1 Å². The van der Waals surface area contributed by atoms with Crippen LogP contribution in [0.15, 0.2) is 71.5 Å². The molecule has 0 aliphatic rings. The van der Waals surface area contributed by atoms with Gasteiger partial charge in [-0.2, -0.15) is 0 Å². The van der Waals surface area contributed by atoms with Crippen molar-refractivity contribution in [2.24, 2.45) is 0 Å². The Morgan fingerprint density at radius 3 is 2.57 bits per heavy atom. The van der Waals surface area contributed by atoms with E-state index < -0.39 is 0 Å². The normalized spacial score (nSPS) is 10.9. The quantitative estimate of drug-likeness (QED) is 0.590. The number of methoxy groups -OCH3 is 1. The first-order valence-corrected chi connectivity index (χ1v) is 8.99. The third kappa shape index (κ3) is 3.34. The van der Waals surface area contributed by atoms with Crippen molar-refractivity contribution in [1.29, 1.82) is 0 Å². The maximum absolute atomic E-state index is 13.0. The summed E-state index contributed by atoms with van der Waals surface area (Å²) in [5.74, 6) is 0.630. The first-order chi connectivity index (χ1) is 13.5. The molecule has 0 saturated heterocycles. The first-order valence-electron chi connectivity index (χ1n) is 8.99. The number of nitrogens with one attached hydrogen (secondary N) is 1. The van der Waals surface area contributed by atoms with Gasteiger partial charge in [0.15, 0.2) is 0 Å². The first kappa shape index (κ1) is 17.8. The Balaban J connectivity index is 1.63. The predicted octanol–water partition coefficient (Wildman–Crippen LogP) is 3.96. The van der Waals surface area contributed by atoms with Gasteiger partial charge in [0.05, 0.1) is 12.7 Å². The molecule has 0 unspecified atom stereocenters. The molecule has 5 heteroatoms. The van der Waals surface area contributed by atoms with Crippen LogP contribution in [0.3, 0.4) is 0 Å². The van der Waals surface area contributed by atoms with Gasteiger partial charge in [0, 0.05) is 30.6 Å². The molecule has 4 aromatic rings. The fourth-order valence-electron chi connectivity index (χ4n) is 3.43. The van der Waals surface area contributed by atoms with Crippen LogP contribution in [-0.4, -0.2) is 29.9 Å². The number of carbonyl (C=O) groups is 1. The van der Waals surface area contributed by atoms with Crippen LogP contribution in [0.25, 0.3) is 21.7 Å². The SMILES string of the molecule is COc1ccc2cc(CN(C)C(=O)c3cc(=O)[nH]c4ccccc34)ccc2c1. The van der Waals surface area contributed by atoms with E-state index >= 15 is 0 Å². The summed E-state index contributed by atoms with van der Waals surface area (Å²) in [7, 11) is 3.39. The lowest BCUT2D eigenvalue weighted by molar-refractivity contribution is 0.0787. The van der Waals surface area contributed by atoms with E-state index in [4.69, 9.17) is 4.74 Å². The average molecular weight is 372 g/mol. The van der Waals surface area contributed by atoms with Crippen molar-refractivity contribution < 1.29 is 9.53 Å². The number of hydrogen-bond acceptors (Lipinski definition) is 3. The lowest BCUT2D eigenvalue weighted by atomic mass is 10.1. The average Bonchev–Trinajstić information content (AvgIpc) is 2.72. The summed E-state index contributed by atoms with van der Waals surface area (Å²) in [4.78, 5) is 29.4. The third-order valence-corrected chi connectivity index (χ3v) is 4.86. The van der Waals surface area contributed by atoms with Crippen molar-refractivity contribution in [3.8, 4) is 5.75 Å². The number of benzene rings is 3. The summed E-state index contributed by atoms with van der Waals surface area (Å²) < 4.78 is 5.26. The number of aromatic amines is 1. The number of para-hydroxylation sites is 1. The molecule has 28 heavy (non-hydrogen) atoms. The highest BCUT2D eigenvalue weighted by atomic mass is 16.5. The van der Waals surface area contributed by atoms with Crippen LogP contribution in [0.5, 0.6) is 5.75 Å². The molecule has 0 spiro atoms. The maximum atomic E-state index is 13.0. The molecular weight excluding hydrogens is 352 g/mol. The van der Waals surface area contributed by atoms with E-state index in [1.54, 1.807) is 25.1 Å². The van der Waals surface area contributed by atoms with Crippen molar-refractivity contribution in [1.82, 2.24) is 9.88 Å². The molecule has 5 nitrogen and oxygen atoms in total. The predicted molar refractivity (Wildman–Crippen MR) is 111 cm³/mol. The molecule has 140 valence electrons. The number of pyridine rings is 1. The Kier molecular flexibility index (Phi) is 4.57. The maximum Gasteiger partial charge on any atom is 0.254 e.